The molecular weight excluding hydrogens is 345 g/mol. The third-order valence-corrected chi connectivity index (χ3v) is 4.25. The van der Waals surface area contributed by atoms with Gasteiger partial charge in [-0.05, 0) is 49.2 Å². The molecule has 4 aromatic rings. The Labute approximate surface area is 155 Å². The van der Waals surface area contributed by atoms with Crippen LogP contribution in [0.15, 0.2) is 48.5 Å². The van der Waals surface area contributed by atoms with Crippen LogP contribution in [0.2, 0.25) is 0 Å². The maximum absolute atomic E-state index is 13.2. The molecule has 7 heteroatoms. The number of hydrogen-bond donors (Lipinski definition) is 3. The van der Waals surface area contributed by atoms with Crippen molar-refractivity contribution in [2.24, 2.45) is 0 Å². The van der Waals surface area contributed by atoms with Crippen LogP contribution in [-0.4, -0.2) is 25.3 Å². The van der Waals surface area contributed by atoms with E-state index in [4.69, 9.17) is 0 Å². The molecule has 0 spiro atoms. The van der Waals surface area contributed by atoms with Crippen LogP contribution in [0, 0.1) is 19.7 Å². The van der Waals surface area contributed by atoms with Crippen LogP contribution in [-0.2, 0) is 0 Å². The summed E-state index contributed by atoms with van der Waals surface area (Å²) in [6, 6.07) is 13.3. The van der Waals surface area contributed by atoms with Crippen molar-refractivity contribution in [3.05, 3.63) is 77.0 Å². The number of aryl methyl sites for hydroxylation is 2. The Hall–Kier alpha value is -3.32. The summed E-state index contributed by atoms with van der Waals surface area (Å²) >= 11 is 0. The van der Waals surface area contributed by atoms with E-state index in [9.17, 15) is 9.50 Å². The second-order valence-corrected chi connectivity index (χ2v) is 6.47. The third-order valence-electron chi connectivity index (χ3n) is 4.25. The van der Waals surface area contributed by atoms with Crippen molar-refractivity contribution in [1.29, 1.82) is 0 Å². The Morgan fingerprint density at radius 2 is 1.81 bits per heavy atom. The minimum atomic E-state index is -1.07. The minimum Gasteiger partial charge on any atom is -0.380 e. The van der Waals surface area contributed by atoms with Gasteiger partial charge in [0.2, 0.25) is 0 Å². The molecular formula is C20H18FN5O. The number of aliphatic hydroxyl groups is 1. The minimum absolute atomic E-state index is 0.231. The number of fused-ring (bicyclic) bond motifs is 1. The Kier molecular flexibility index (Phi) is 4.29. The van der Waals surface area contributed by atoms with Crippen LogP contribution in [0.3, 0.4) is 0 Å². The lowest BCUT2D eigenvalue weighted by Crippen LogP contribution is -2.08. The van der Waals surface area contributed by atoms with Gasteiger partial charge in [0, 0.05) is 17.1 Å². The fourth-order valence-corrected chi connectivity index (χ4v) is 2.87. The number of anilines is 2. The standard InChI is InChI=1S/C20H18FN5O/c1-11-3-8-15-16(9-11)22-20(18(27)13-4-6-14(21)7-5-13)24-19(15)23-17-10-12(2)25-26-17/h3-10,18,27H,1-2H3,(H2,22,23,24,25,26). The number of aliphatic hydroxyl groups excluding tert-OH is 1. The SMILES string of the molecule is Cc1ccc2c(Nc3cc(C)[nH]n3)nc(C(O)c3ccc(F)cc3)nc2c1. The number of rotatable bonds is 4. The highest BCUT2D eigenvalue weighted by Gasteiger charge is 2.17. The van der Waals surface area contributed by atoms with Crippen LogP contribution in [0.5, 0.6) is 0 Å². The monoisotopic (exact) mass is 363 g/mol. The predicted molar refractivity (Wildman–Crippen MR) is 101 cm³/mol. The summed E-state index contributed by atoms with van der Waals surface area (Å²) in [7, 11) is 0. The fraction of sp³-hybridized carbons (Fsp3) is 0.150. The van der Waals surface area contributed by atoms with Gasteiger partial charge < -0.3 is 10.4 Å². The zero-order valence-corrected chi connectivity index (χ0v) is 14.9. The van der Waals surface area contributed by atoms with Gasteiger partial charge in [-0.15, -0.1) is 0 Å². The fourth-order valence-electron chi connectivity index (χ4n) is 2.87. The number of H-pyrrole nitrogens is 1. The van der Waals surface area contributed by atoms with E-state index < -0.39 is 6.10 Å². The van der Waals surface area contributed by atoms with Gasteiger partial charge in [0.25, 0.3) is 0 Å². The second kappa shape index (κ2) is 6.77. The van der Waals surface area contributed by atoms with Crippen molar-refractivity contribution < 1.29 is 9.50 Å². The summed E-state index contributed by atoms with van der Waals surface area (Å²) in [6.07, 6.45) is -1.07. The molecule has 0 aliphatic heterocycles. The van der Waals surface area contributed by atoms with E-state index in [1.807, 2.05) is 38.1 Å². The topological polar surface area (TPSA) is 86.7 Å². The van der Waals surface area contributed by atoms with E-state index in [0.29, 0.717) is 22.7 Å². The first-order chi connectivity index (χ1) is 13.0. The predicted octanol–water partition coefficient (Wildman–Crippen LogP) is 3.93. The van der Waals surface area contributed by atoms with Gasteiger partial charge in [0.05, 0.1) is 5.52 Å². The molecule has 0 aliphatic rings. The van der Waals surface area contributed by atoms with Crippen LogP contribution in [0.25, 0.3) is 10.9 Å². The average Bonchev–Trinajstić information content (AvgIpc) is 3.06. The summed E-state index contributed by atoms with van der Waals surface area (Å²) in [5.41, 5.74) is 3.18. The highest BCUT2D eigenvalue weighted by atomic mass is 19.1. The van der Waals surface area contributed by atoms with Crippen LogP contribution >= 0.6 is 0 Å². The number of benzene rings is 2. The second-order valence-electron chi connectivity index (χ2n) is 6.47. The quantitative estimate of drug-likeness (QED) is 0.511. The molecule has 0 saturated carbocycles. The maximum atomic E-state index is 13.2. The van der Waals surface area contributed by atoms with Crippen molar-refractivity contribution in [2.45, 2.75) is 20.0 Å². The van der Waals surface area contributed by atoms with Crippen LogP contribution in [0.4, 0.5) is 16.0 Å². The average molecular weight is 363 g/mol. The molecule has 6 nitrogen and oxygen atoms in total. The van der Waals surface area contributed by atoms with E-state index in [1.165, 1.54) is 24.3 Å². The Balaban J connectivity index is 1.81. The molecule has 4 rings (SSSR count). The number of hydrogen-bond acceptors (Lipinski definition) is 5. The van der Waals surface area contributed by atoms with E-state index in [2.05, 4.69) is 25.5 Å². The van der Waals surface area contributed by atoms with Crippen molar-refractivity contribution >= 4 is 22.5 Å². The summed E-state index contributed by atoms with van der Waals surface area (Å²) < 4.78 is 13.2. The van der Waals surface area contributed by atoms with Gasteiger partial charge in [0.15, 0.2) is 11.6 Å². The molecule has 0 radical (unpaired) electrons. The number of nitrogens with one attached hydrogen (secondary N) is 2. The Morgan fingerprint density at radius 1 is 1.04 bits per heavy atom. The number of aromatic nitrogens is 4. The Morgan fingerprint density at radius 3 is 2.52 bits per heavy atom. The van der Waals surface area contributed by atoms with E-state index >= 15 is 0 Å². The first kappa shape index (κ1) is 17.1. The van der Waals surface area contributed by atoms with Gasteiger partial charge in [-0.2, -0.15) is 5.10 Å². The lowest BCUT2D eigenvalue weighted by atomic mass is 10.1. The number of halogens is 1. The Bertz CT molecular complexity index is 1110. The largest absolute Gasteiger partial charge is 0.380 e. The van der Waals surface area contributed by atoms with Crippen LogP contribution < -0.4 is 5.32 Å². The van der Waals surface area contributed by atoms with Crippen molar-refractivity contribution in [3.63, 3.8) is 0 Å². The molecule has 1 atom stereocenters. The molecule has 0 aliphatic carbocycles. The molecule has 136 valence electrons. The van der Waals surface area contributed by atoms with Gasteiger partial charge in [-0.25, -0.2) is 14.4 Å². The van der Waals surface area contributed by atoms with Gasteiger partial charge in [-0.3, -0.25) is 5.10 Å². The van der Waals surface area contributed by atoms with Gasteiger partial charge in [-0.1, -0.05) is 18.2 Å². The normalized spacial score (nSPS) is 12.3. The summed E-state index contributed by atoms with van der Waals surface area (Å²) in [6.45, 7) is 3.88. The molecule has 2 aromatic carbocycles. The van der Waals surface area contributed by atoms with Gasteiger partial charge >= 0.3 is 0 Å². The molecule has 0 saturated heterocycles. The first-order valence-electron chi connectivity index (χ1n) is 8.50. The smallest absolute Gasteiger partial charge is 0.164 e. The molecule has 0 bridgehead atoms. The first-order valence-corrected chi connectivity index (χ1v) is 8.50. The van der Waals surface area contributed by atoms with Crippen molar-refractivity contribution in [3.8, 4) is 0 Å². The van der Waals surface area contributed by atoms with Crippen LogP contribution in [0.1, 0.15) is 28.7 Å². The molecule has 27 heavy (non-hydrogen) atoms. The highest BCUT2D eigenvalue weighted by Crippen LogP contribution is 2.28. The molecule has 3 N–H and O–H groups in total. The van der Waals surface area contributed by atoms with E-state index in [1.54, 1.807) is 0 Å². The van der Waals surface area contributed by atoms with E-state index in [0.717, 1.165) is 16.6 Å². The zero-order chi connectivity index (χ0) is 19.0. The number of nitrogens with zero attached hydrogens (tertiary/aromatic N) is 3. The summed E-state index contributed by atoms with van der Waals surface area (Å²) in [5, 5.41) is 21.8. The highest BCUT2D eigenvalue weighted by molar-refractivity contribution is 5.91. The van der Waals surface area contributed by atoms with Crippen molar-refractivity contribution in [2.75, 3.05) is 5.32 Å². The number of aromatic amines is 1. The van der Waals surface area contributed by atoms with Gasteiger partial charge in [0.1, 0.15) is 17.7 Å². The molecule has 1 unspecified atom stereocenters. The molecule has 2 aromatic heterocycles. The maximum Gasteiger partial charge on any atom is 0.164 e. The molecule has 0 amide bonds. The molecule has 0 fully saturated rings. The molecule has 2 heterocycles. The van der Waals surface area contributed by atoms with Crippen molar-refractivity contribution in [1.82, 2.24) is 20.2 Å². The zero-order valence-electron chi connectivity index (χ0n) is 14.9. The lowest BCUT2D eigenvalue weighted by molar-refractivity contribution is 0.210. The third kappa shape index (κ3) is 3.50. The van der Waals surface area contributed by atoms with E-state index in [-0.39, 0.29) is 11.6 Å². The summed E-state index contributed by atoms with van der Waals surface area (Å²) in [4.78, 5) is 9.03. The summed E-state index contributed by atoms with van der Waals surface area (Å²) in [5.74, 6) is 1.03. The lowest BCUT2D eigenvalue weighted by Gasteiger charge is -2.14.